The van der Waals surface area contributed by atoms with Crippen molar-refractivity contribution < 1.29 is 19.3 Å². The van der Waals surface area contributed by atoms with Crippen LogP contribution in [0.4, 0.5) is 4.39 Å². The number of rotatable bonds is 4. The van der Waals surface area contributed by atoms with Crippen LogP contribution in [0.2, 0.25) is 0 Å². The van der Waals surface area contributed by atoms with E-state index in [4.69, 9.17) is 4.74 Å². The molecule has 2 aliphatic rings. The predicted molar refractivity (Wildman–Crippen MR) is 125 cm³/mol. The lowest BCUT2D eigenvalue weighted by Crippen LogP contribution is -2.42. The summed E-state index contributed by atoms with van der Waals surface area (Å²) in [6.07, 6.45) is 6.56. The van der Waals surface area contributed by atoms with Gasteiger partial charge in [-0.3, -0.25) is 0 Å². The van der Waals surface area contributed by atoms with Crippen molar-refractivity contribution >= 4 is 5.57 Å². The maximum atomic E-state index is 13.2. The largest absolute Gasteiger partial charge is 0.508 e. The van der Waals surface area contributed by atoms with E-state index in [0.29, 0.717) is 30.9 Å². The highest BCUT2D eigenvalue weighted by molar-refractivity contribution is 5.74. The molecule has 0 aliphatic carbocycles. The molecule has 3 aromatic rings. The van der Waals surface area contributed by atoms with Gasteiger partial charge in [-0.05, 0) is 66.8 Å². The molecule has 0 spiro atoms. The fourth-order valence-corrected chi connectivity index (χ4v) is 4.73. The molecule has 0 saturated carbocycles. The first-order valence-corrected chi connectivity index (χ1v) is 11.4. The Morgan fingerprint density at radius 1 is 1.06 bits per heavy atom. The molecule has 0 bridgehead atoms. The standard InChI is InChI=1S/C27H27FN2O3/c28-21-10-8-20(9-11-21)27(32)12-16-30(17-13-27)15-3-4-19-18-23-24(31)6-1-7-25(23)33-26-22(19)5-2-14-29-26/h1-2,4-11,14,31-32H,3,12-13,15-18H2/b19-4-. The first kappa shape index (κ1) is 21.6. The molecule has 1 aromatic heterocycles. The van der Waals surface area contributed by atoms with Gasteiger partial charge < -0.3 is 19.8 Å². The fourth-order valence-electron chi connectivity index (χ4n) is 4.73. The minimum absolute atomic E-state index is 0.224. The Hall–Kier alpha value is -3.22. The number of phenols is 1. The van der Waals surface area contributed by atoms with Crippen LogP contribution in [0.1, 0.15) is 36.0 Å². The van der Waals surface area contributed by atoms with Crippen LogP contribution in [-0.2, 0) is 12.0 Å². The van der Waals surface area contributed by atoms with E-state index in [0.717, 1.165) is 48.3 Å². The minimum atomic E-state index is -0.896. The molecule has 3 heterocycles. The lowest BCUT2D eigenvalue weighted by atomic mass is 9.84. The molecule has 0 amide bonds. The number of piperidine rings is 1. The predicted octanol–water partition coefficient (Wildman–Crippen LogP) is 5.03. The quantitative estimate of drug-likeness (QED) is 0.588. The molecule has 5 nitrogen and oxygen atoms in total. The van der Waals surface area contributed by atoms with Gasteiger partial charge in [0.25, 0.3) is 0 Å². The summed E-state index contributed by atoms with van der Waals surface area (Å²) in [7, 11) is 0. The first-order valence-electron chi connectivity index (χ1n) is 11.4. The highest BCUT2D eigenvalue weighted by Crippen LogP contribution is 2.41. The van der Waals surface area contributed by atoms with E-state index < -0.39 is 5.60 Å². The number of hydrogen-bond acceptors (Lipinski definition) is 5. The zero-order chi connectivity index (χ0) is 22.8. The molecule has 2 N–H and O–H groups in total. The number of benzene rings is 2. The van der Waals surface area contributed by atoms with Gasteiger partial charge >= 0.3 is 0 Å². The molecule has 5 rings (SSSR count). The second kappa shape index (κ2) is 8.96. The molecule has 1 saturated heterocycles. The molecule has 33 heavy (non-hydrogen) atoms. The third-order valence-electron chi connectivity index (χ3n) is 6.70. The SMILES string of the molecule is Oc1cccc2c1C/C(=C/CCN1CCC(O)(c3ccc(F)cc3)CC1)c1cccnc1O2. The van der Waals surface area contributed by atoms with Crippen molar-refractivity contribution in [3.63, 3.8) is 0 Å². The van der Waals surface area contributed by atoms with Crippen molar-refractivity contribution in [2.45, 2.75) is 31.3 Å². The zero-order valence-corrected chi connectivity index (χ0v) is 18.4. The minimum Gasteiger partial charge on any atom is -0.508 e. The van der Waals surface area contributed by atoms with Crippen molar-refractivity contribution in [1.29, 1.82) is 0 Å². The lowest BCUT2D eigenvalue weighted by molar-refractivity contribution is -0.0254. The number of allylic oxidation sites excluding steroid dienone is 1. The van der Waals surface area contributed by atoms with Gasteiger partial charge in [0.15, 0.2) is 0 Å². The van der Waals surface area contributed by atoms with Gasteiger partial charge in [0.1, 0.15) is 17.3 Å². The number of phenolic OH excluding ortho intramolecular Hbond substituents is 1. The second-order valence-electron chi connectivity index (χ2n) is 8.79. The molecule has 2 aromatic carbocycles. The van der Waals surface area contributed by atoms with E-state index in [2.05, 4.69) is 16.0 Å². The molecule has 0 radical (unpaired) electrons. The fraction of sp³-hybridized carbons (Fsp3) is 0.296. The maximum absolute atomic E-state index is 13.2. The first-order chi connectivity index (χ1) is 16.0. The van der Waals surface area contributed by atoms with Crippen LogP contribution in [0.5, 0.6) is 17.4 Å². The van der Waals surface area contributed by atoms with Gasteiger partial charge in [-0.15, -0.1) is 0 Å². The summed E-state index contributed by atoms with van der Waals surface area (Å²) in [5, 5.41) is 21.4. The van der Waals surface area contributed by atoms with Gasteiger partial charge in [0.05, 0.1) is 5.60 Å². The van der Waals surface area contributed by atoms with Gasteiger partial charge in [-0.1, -0.05) is 24.3 Å². The monoisotopic (exact) mass is 446 g/mol. The van der Waals surface area contributed by atoms with Crippen LogP contribution in [0.15, 0.2) is 66.9 Å². The second-order valence-corrected chi connectivity index (χ2v) is 8.79. The summed E-state index contributed by atoms with van der Waals surface area (Å²) in [5.74, 6) is 1.12. The number of pyridine rings is 1. The number of likely N-dealkylation sites (tertiary alicyclic amines) is 1. The number of fused-ring (bicyclic) bond motifs is 2. The maximum Gasteiger partial charge on any atom is 0.226 e. The summed E-state index contributed by atoms with van der Waals surface area (Å²) in [6.45, 7) is 2.43. The highest BCUT2D eigenvalue weighted by atomic mass is 19.1. The van der Waals surface area contributed by atoms with Crippen molar-refractivity contribution in [2.24, 2.45) is 0 Å². The van der Waals surface area contributed by atoms with Crippen LogP contribution in [0, 0.1) is 5.82 Å². The van der Waals surface area contributed by atoms with Gasteiger partial charge in [0, 0.05) is 43.4 Å². The van der Waals surface area contributed by atoms with E-state index in [9.17, 15) is 14.6 Å². The van der Waals surface area contributed by atoms with E-state index >= 15 is 0 Å². The van der Waals surface area contributed by atoms with Crippen molar-refractivity contribution in [3.05, 3.63) is 89.4 Å². The van der Waals surface area contributed by atoms with Gasteiger partial charge in [0.2, 0.25) is 5.88 Å². The normalized spacial score (nSPS) is 18.8. The molecule has 6 heteroatoms. The average Bonchev–Trinajstić information content (AvgIpc) is 2.98. The molecular formula is C27H27FN2O3. The molecule has 0 unspecified atom stereocenters. The van der Waals surface area contributed by atoms with Crippen LogP contribution >= 0.6 is 0 Å². The number of aromatic nitrogens is 1. The molecule has 2 aliphatic heterocycles. The summed E-state index contributed by atoms with van der Waals surface area (Å²) < 4.78 is 19.2. The van der Waals surface area contributed by atoms with Gasteiger partial charge in [-0.25, -0.2) is 9.37 Å². The Kier molecular flexibility index (Phi) is 5.87. The van der Waals surface area contributed by atoms with E-state index in [-0.39, 0.29) is 11.6 Å². The number of aromatic hydroxyl groups is 1. The summed E-state index contributed by atoms with van der Waals surface area (Å²) in [4.78, 5) is 6.74. The Morgan fingerprint density at radius 3 is 2.64 bits per heavy atom. The van der Waals surface area contributed by atoms with Crippen LogP contribution < -0.4 is 4.74 Å². The van der Waals surface area contributed by atoms with Gasteiger partial charge in [-0.2, -0.15) is 0 Å². The van der Waals surface area contributed by atoms with E-state index in [1.54, 1.807) is 30.5 Å². The summed E-state index contributed by atoms with van der Waals surface area (Å²) in [5.41, 5.74) is 2.68. The topological polar surface area (TPSA) is 65.8 Å². The Balaban J connectivity index is 1.27. The molecule has 0 atom stereocenters. The smallest absolute Gasteiger partial charge is 0.226 e. The highest BCUT2D eigenvalue weighted by Gasteiger charge is 2.33. The average molecular weight is 447 g/mol. The van der Waals surface area contributed by atoms with Crippen molar-refractivity contribution in [1.82, 2.24) is 9.88 Å². The number of ether oxygens (including phenoxy) is 1. The third-order valence-corrected chi connectivity index (χ3v) is 6.70. The summed E-state index contributed by atoms with van der Waals surface area (Å²) in [6, 6.07) is 15.4. The lowest BCUT2D eigenvalue weighted by Gasteiger charge is -2.38. The van der Waals surface area contributed by atoms with Crippen LogP contribution in [-0.4, -0.2) is 39.7 Å². The van der Waals surface area contributed by atoms with Crippen molar-refractivity contribution in [2.75, 3.05) is 19.6 Å². The van der Waals surface area contributed by atoms with Crippen LogP contribution in [0.25, 0.3) is 5.57 Å². The number of halogens is 1. The Labute approximate surface area is 192 Å². The van der Waals surface area contributed by atoms with E-state index in [1.807, 2.05) is 18.2 Å². The third kappa shape index (κ3) is 4.49. The Bertz CT molecular complexity index is 1170. The zero-order valence-electron chi connectivity index (χ0n) is 18.4. The van der Waals surface area contributed by atoms with Crippen molar-refractivity contribution in [3.8, 4) is 17.4 Å². The summed E-state index contributed by atoms with van der Waals surface area (Å²) >= 11 is 0. The van der Waals surface area contributed by atoms with E-state index in [1.165, 1.54) is 12.1 Å². The van der Waals surface area contributed by atoms with Crippen LogP contribution in [0.3, 0.4) is 0 Å². The molecule has 1 fully saturated rings. The Morgan fingerprint density at radius 2 is 1.85 bits per heavy atom. The number of hydrogen-bond donors (Lipinski definition) is 2. The number of aliphatic hydroxyl groups is 1. The number of nitrogens with zero attached hydrogens (tertiary/aromatic N) is 2. The molecular weight excluding hydrogens is 419 g/mol. The molecule has 170 valence electrons.